The minimum atomic E-state index is -6.08. The quantitative estimate of drug-likeness (QED) is 0.255. The van der Waals surface area contributed by atoms with Crippen LogP contribution in [0.3, 0.4) is 0 Å². The van der Waals surface area contributed by atoms with Gasteiger partial charge in [0, 0.05) is 6.07 Å². The number of carbonyl (C=O) groups excluding carboxylic acids is 1. The Balaban J connectivity index is 3.54. The van der Waals surface area contributed by atoms with Gasteiger partial charge in [-0.2, -0.15) is 21.6 Å². The van der Waals surface area contributed by atoms with Gasteiger partial charge in [0.1, 0.15) is 5.56 Å². The lowest BCUT2D eigenvalue weighted by Crippen LogP contribution is -2.28. The van der Waals surface area contributed by atoms with Crippen molar-refractivity contribution in [3.05, 3.63) is 27.8 Å². The van der Waals surface area contributed by atoms with E-state index in [0.717, 1.165) is 14.2 Å². The second-order valence-corrected chi connectivity index (χ2v) is 5.29. The van der Waals surface area contributed by atoms with Gasteiger partial charge in [0.2, 0.25) is 0 Å². The Kier molecular flexibility index (Phi) is 5.04. The zero-order valence-corrected chi connectivity index (χ0v) is 12.2. The number of alkyl halides is 3. The zero-order valence-electron chi connectivity index (χ0n) is 11.4. The lowest BCUT2D eigenvalue weighted by molar-refractivity contribution is -0.385. The molecular formula is C10H8F3NO8S. The monoisotopic (exact) mass is 359 g/mol. The smallest absolute Gasteiger partial charge is 0.493 e. The third-order valence-corrected chi connectivity index (χ3v) is 3.33. The summed E-state index contributed by atoms with van der Waals surface area (Å²) in [5.41, 5.74) is -7.44. The number of hydrogen-bond donors (Lipinski definition) is 0. The number of halogens is 3. The molecule has 0 saturated heterocycles. The maximum Gasteiger partial charge on any atom is 0.534 e. The number of methoxy groups -OCH3 is 2. The van der Waals surface area contributed by atoms with E-state index >= 15 is 0 Å². The minimum Gasteiger partial charge on any atom is -0.493 e. The van der Waals surface area contributed by atoms with Gasteiger partial charge in [0.05, 0.1) is 25.2 Å². The van der Waals surface area contributed by atoms with Crippen molar-refractivity contribution < 1.29 is 45.0 Å². The summed E-state index contributed by atoms with van der Waals surface area (Å²) in [7, 11) is -4.24. The Labute approximate surface area is 126 Å². The first-order valence-electron chi connectivity index (χ1n) is 5.40. The van der Waals surface area contributed by atoms with E-state index in [1.54, 1.807) is 0 Å². The lowest BCUT2D eigenvalue weighted by Gasteiger charge is -2.13. The van der Waals surface area contributed by atoms with Crippen molar-refractivity contribution in [2.24, 2.45) is 0 Å². The van der Waals surface area contributed by atoms with Crippen LogP contribution < -0.4 is 8.92 Å². The molecule has 1 rings (SSSR count). The third kappa shape index (κ3) is 3.80. The molecule has 0 aliphatic rings. The summed E-state index contributed by atoms with van der Waals surface area (Å²) in [4.78, 5) is 21.2. The van der Waals surface area contributed by atoms with Crippen LogP contribution in [0, 0.1) is 10.1 Å². The van der Waals surface area contributed by atoms with Crippen LogP contribution in [0.15, 0.2) is 12.1 Å². The molecule has 0 spiro atoms. The molecule has 1 aromatic carbocycles. The molecule has 0 N–H and O–H groups in total. The second-order valence-electron chi connectivity index (χ2n) is 3.75. The maximum atomic E-state index is 12.3. The fraction of sp³-hybridized carbons (Fsp3) is 0.300. The van der Waals surface area contributed by atoms with Crippen molar-refractivity contribution >= 4 is 21.8 Å². The number of benzene rings is 1. The van der Waals surface area contributed by atoms with Gasteiger partial charge in [-0.05, 0) is 0 Å². The van der Waals surface area contributed by atoms with E-state index in [2.05, 4.69) is 13.7 Å². The van der Waals surface area contributed by atoms with Crippen LogP contribution in [0.1, 0.15) is 10.4 Å². The SMILES string of the molecule is COC(=O)c1cc(OC)c(OS(=O)(=O)C(F)(F)F)cc1[N+](=O)[O-]. The number of nitro benzene ring substituents is 1. The summed E-state index contributed by atoms with van der Waals surface area (Å²) in [5, 5.41) is 10.9. The highest BCUT2D eigenvalue weighted by Crippen LogP contribution is 2.38. The summed E-state index contributed by atoms with van der Waals surface area (Å²) < 4.78 is 71.6. The Morgan fingerprint density at radius 2 is 1.78 bits per heavy atom. The number of hydrogen-bond acceptors (Lipinski definition) is 8. The van der Waals surface area contributed by atoms with E-state index in [9.17, 15) is 36.5 Å². The molecule has 0 amide bonds. The molecule has 0 atom stereocenters. The largest absolute Gasteiger partial charge is 0.534 e. The van der Waals surface area contributed by atoms with E-state index in [-0.39, 0.29) is 0 Å². The molecule has 0 heterocycles. The topological polar surface area (TPSA) is 122 Å². The summed E-state index contributed by atoms with van der Waals surface area (Å²) in [6, 6.07) is 0.944. The van der Waals surface area contributed by atoms with Gasteiger partial charge >= 0.3 is 21.6 Å². The summed E-state index contributed by atoms with van der Waals surface area (Å²) in [6.07, 6.45) is 0. The first-order chi connectivity index (χ1) is 10.4. The van der Waals surface area contributed by atoms with Gasteiger partial charge in [-0.15, -0.1) is 0 Å². The number of carbonyl (C=O) groups is 1. The molecule has 0 saturated carbocycles. The predicted octanol–water partition coefficient (Wildman–Crippen LogP) is 1.62. The van der Waals surface area contributed by atoms with Crippen LogP contribution in [0.5, 0.6) is 11.5 Å². The molecule has 0 fully saturated rings. The van der Waals surface area contributed by atoms with Crippen molar-refractivity contribution in [3.8, 4) is 11.5 Å². The Hall–Kier alpha value is -2.57. The maximum absolute atomic E-state index is 12.3. The molecule has 0 aliphatic carbocycles. The predicted molar refractivity (Wildman–Crippen MR) is 66.6 cm³/mol. The van der Waals surface area contributed by atoms with E-state index in [1.165, 1.54) is 0 Å². The summed E-state index contributed by atoms with van der Waals surface area (Å²) >= 11 is 0. The van der Waals surface area contributed by atoms with Crippen LogP contribution in [-0.4, -0.2) is 39.0 Å². The standard InChI is InChI=1S/C10H8F3NO8S/c1-20-7-3-5(9(15)21-2)6(14(16)17)4-8(7)22-23(18,19)10(11,12)13/h3-4H,1-2H3. The molecule has 0 unspecified atom stereocenters. The summed E-state index contributed by atoms with van der Waals surface area (Å²) in [5.74, 6) is -2.94. The van der Waals surface area contributed by atoms with E-state index in [4.69, 9.17) is 0 Å². The average molecular weight is 359 g/mol. The van der Waals surface area contributed by atoms with E-state index in [0.29, 0.717) is 12.1 Å². The molecular weight excluding hydrogens is 351 g/mol. The van der Waals surface area contributed by atoms with Gasteiger partial charge in [0.25, 0.3) is 5.69 Å². The Bertz CT molecular complexity index is 743. The van der Waals surface area contributed by atoms with Gasteiger partial charge in [-0.3, -0.25) is 10.1 Å². The first kappa shape index (κ1) is 18.5. The molecule has 128 valence electrons. The normalized spacial score (nSPS) is 11.7. The number of esters is 1. The fourth-order valence-electron chi connectivity index (χ4n) is 1.36. The molecule has 0 bridgehead atoms. The fourth-order valence-corrected chi connectivity index (χ4v) is 1.82. The number of ether oxygens (including phenoxy) is 2. The molecule has 23 heavy (non-hydrogen) atoms. The van der Waals surface area contributed by atoms with Crippen molar-refractivity contribution in [1.29, 1.82) is 0 Å². The molecule has 0 radical (unpaired) electrons. The average Bonchev–Trinajstić information content (AvgIpc) is 2.44. The van der Waals surface area contributed by atoms with Crippen molar-refractivity contribution in [3.63, 3.8) is 0 Å². The van der Waals surface area contributed by atoms with Crippen LogP contribution in [-0.2, 0) is 14.9 Å². The highest BCUT2D eigenvalue weighted by molar-refractivity contribution is 7.88. The molecule has 13 heteroatoms. The van der Waals surface area contributed by atoms with Crippen molar-refractivity contribution in [2.45, 2.75) is 5.51 Å². The molecule has 1 aromatic rings. The van der Waals surface area contributed by atoms with Crippen LogP contribution in [0.25, 0.3) is 0 Å². The third-order valence-electron chi connectivity index (χ3n) is 2.37. The zero-order chi connectivity index (χ0) is 18.0. The number of nitro groups is 1. The highest BCUT2D eigenvalue weighted by Gasteiger charge is 2.49. The number of rotatable bonds is 5. The van der Waals surface area contributed by atoms with Crippen molar-refractivity contribution in [1.82, 2.24) is 0 Å². The van der Waals surface area contributed by atoms with Gasteiger partial charge < -0.3 is 13.7 Å². The van der Waals surface area contributed by atoms with E-state index in [1.807, 2.05) is 0 Å². The minimum absolute atomic E-state index is 0.314. The van der Waals surface area contributed by atoms with Crippen LogP contribution in [0.4, 0.5) is 18.9 Å². The van der Waals surface area contributed by atoms with Gasteiger partial charge in [-0.1, -0.05) is 0 Å². The van der Waals surface area contributed by atoms with Crippen molar-refractivity contribution in [2.75, 3.05) is 14.2 Å². The molecule has 0 aliphatic heterocycles. The Morgan fingerprint density at radius 1 is 1.22 bits per heavy atom. The van der Waals surface area contributed by atoms with Crippen LogP contribution >= 0.6 is 0 Å². The van der Waals surface area contributed by atoms with E-state index < -0.39 is 49.3 Å². The van der Waals surface area contributed by atoms with Gasteiger partial charge in [0.15, 0.2) is 11.5 Å². The second kappa shape index (κ2) is 6.28. The number of nitrogens with zero attached hydrogens (tertiary/aromatic N) is 1. The highest BCUT2D eigenvalue weighted by atomic mass is 32.2. The first-order valence-corrected chi connectivity index (χ1v) is 6.81. The Morgan fingerprint density at radius 3 is 2.17 bits per heavy atom. The van der Waals surface area contributed by atoms with Crippen LogP contribution in [0.2, 0.25) is 0 Å². The van der Waals surface area contributed by atoms with Gasteiger partial charge in [-0.25, -0.2) is 4.79 Å². The summed E-state index contributed by atoms with van der Waals surface area (Å²) in [6.45, 7) is 0. The molecule has 9 nitrogen and oxygen atoms in total. The lowest BCUT2D eigenvalue weighted by atomic mass is 10.1. The molecule has 0 aromatic heterocycles.